The monoisotopic (exact) mass is 345 g/mol. The van der Waals surface area contributed by atoms with Gasteiger partial charge in [0.15, 0.2) is 0 Å². The predicted molar refractivity (Wildman–Crippen MR) is 92.4 cm³/mol. The largest absolute Gasteiger partial charge is 0.378 e. The van der Waals surface area contributed by atoms with Crippen molar-refractivity contribution in [1.82, 2.24) is 20.3 Å². The summed E-state index contributed by atoms with van der Waals surface area (Å²) in [6.07, 6.45) is 4.90. The standard InChI is InChI=1S/C16H19N5O2S/c22-15(18-5-10-24-14-3-1-2-4-17-14)13-11-19-16(20-12-13)21-6-8-23-9-7-21/h1-4,11-12H,5-10H2,(H,18,22). The lowest BCUT2D eigenvalue weighted by molar-refractivity contribution is 0.0955. The summed E-state index contributed by atoms with van der Waals surface area (Å²) >= 11 is 1.60. The third-order valence-corrected chi connectivity index (χ3v) is 4.42. The van der Waals surface area contributed by atoms with Crippen molar-refractivity contribution in [1.29, 1.82) is 0 Å². The molecule has 3 rings (SSSR count). The molecule has 0 spiro atoms. The molecule has 126 valence electrons. The van der Waals surface area contributed by atoms with Crippen molar-refractivity contribution in [3.63, 3.8) is 0 Å². The van der Waals surface area contributed by atoms with E-state index in [9.17, 15) is 4.79 Å². The Balaban J connectivity index is 1.44. The second-order valence-corrected chi connectivity index (χ2v) is 6.26. The molecule has 1 aliphatic heterocycles. The maximum atomic E-state index is 12.1. The number of nitrogens with zero attached hydrogens (tertiary/aromatic N) is 4. The molecule has 0 atom stereocenters. The summed E-state index contributed by atoms with van der Waals surface area (Å²) in [6, 6.07) is 5.78. The summed E-state index contributed by atoms with van der Waals surface area (Å²) in [5.74, 6) is 1.24. The van der Waals surface area contributed by atoms with Crippen LogP contribution in [0.25, 0.3) is 0 Å². The summed E-state index contributed by atoms with van der Waals surface area (Å²) < 4.78 is 5.30. The molecular weight excluding hydrogens is 326 g/mol. The zero-order valence-electron chi connectivity index (χ0n) is 13.2. The highest BCUT2D eigenvalue weighted by atomic mass is 32.2. The molecular formula is C16H19N5O2S. The van der Waals surface area contributed by atoms with Gasteiger partial charge in [-0.25, -0.2) is 15.0 Å². The fourth-order valence-electron chi connectivity index (χ4n) is 2.22. The molecule has 1 fully saturated rings. The van der Waals surface area contributed by atoms with Gasteiger partial charge in [0, 0.05) is 44.0 Å². The van der Waals surface area contributed by atoms with Gasteiger partial charge >= 0.3 is 0 Å². The quantitative estimate of drug-likeness (QED) is 0.623. The van der Waals surface area contributed by atoms with E-state index in [1.807, 2.05) is 18.2 Å². The van der Waals surface area contributed by atoms with Gasteiger partial charge in [-0.3, -0.25) is 4.79 Å². The SMILES string of the molecule is O=C(NCCSc1ccccn1)c1cnc(N2CCOCC2)nc1. The Morgan fingerprint density at radius 1 is 1.21 bits per heavy atom. The molecule has 0 aliphatic carbocycles. The predicted octanol–water partition coefficient (Wildman–Crippen LogP) is 1.23. The van der Waals surface area contributed by atoms with Gasteiger partial charge in [0.25, 0.3) is 5.91 Å². The number of ether oxygens (including phenoxy) is 1. The topological polar surface area (TPSA) is 80.2 Å². The molecule has 0 saturated carbocycles. The second-order valence-electron chi connectivity index (χ2n) is 5.14. The van der Waals surface area contributed by atoms with Crippen molar-refractivity contribution in [2.75, 3.05) is 43.5 Å². The number of hydrogen-bond donors (Lipinski definition) is 1. The first-order valence-corrected chi connectivity index (χ1v) is 8.78. The number of nitrogens with one attached hydrogen (secondary N) is 1. The van der Waals surface area contributed by atoms with E-state index in [2.05, 4.69) is 25.2 Å². The van der Waals surface area contributed by atoms with Crippen molar-refractivity contribution in [3.8, 4) is 0 Å². The first kappa shape index (κ1) is 16.7. The minimum absolute atomic E-state index is 0.162. The van der Waals surface area contributed by atoms with E-state index < -0.39 is 0 Å². The summed E-state index contributed by atoms with van der Waals surface area (Å²) in [4.78, 5) is 26.9. The molecule has 7 nitrogen and oxygen atoms in total. The van der Waals surface area contributed by atoms with Crippen molar-refractivity contribution < 1.29 is 9.53 Å². The number of morpholine rings is 1. The van der Waals surface area contributed by atoms with Gasteiger partial charge in [0.2, 0.25) is 5.95 Å². The Kier molecular flexibility index (Phi) is 5.97. The molecule has 1 aliphatic rings. The van der Waals surface area contributed by atoms with Crippen LogP contribution in [0.1, 0.15) is 10.4 Å². The molecule has 2 aromatic heterocycles. The fourth-order valence-corrected chi connectivity index (χ4v) is 2.94. The summed E-state index contributed by atoms with van der Waals surface area (Å²) in [6.45, 7) is 3.47. The Morgan fingerprint density at radius 3 is 2.71 bits per heavy atom. The Morgan fingerprint density at radius 2 is 2.00 bits per heavy atom. The molecule has 3 heterocycles. The van der Waals surface area contributed by atoms with E-state index >= 15 is 0 Å². The van der Waals surface area contributed by atoms with Crippen LogP contribution in [-0.4, -0.2) is 59.5 Å². The van der Waals surface area contributed by atoms with E-state index in [4.69, 9.17) is 4.74 Å². The number of aromatic nitrogens is 3. The number of rotatable bonds is 6. The lowest BCUT2D eigenvalue weighted by Gasteiger charge is -2.26. The van der Waals surface area contributed by atoms with Gasteiger partial charge in [-0.05, 0) is 12.1 Å². The highest BCUT2D eigenvalue weighted by Crippen LogP contribution is 2.13. The maximum Gasteiger partial charge on any atom is 0.254 e. The fraction of sp³-hybridized carbons (Fsp3) is 0.375. The van der Waals surface area contributed by atoms with E-state index in [0.29, 0.717) is 31.3 Å². The highest BCUT2D eigenvalue weighted by Gasteiger charge is 2.14. The van der Waals surface area contributed by atoms with Gasteiger partial charge in [-0.2, -0.15) is 0 Å². The molecule has 1 N–H and O–H groups in total. The molecule has 24 heavy (non-hydrogen) atoms. The summed E-state index contributed by atoms with van der Waals surface area (Å²) in [5, 5.41) is 3.82. The van der Waals surface area contributed by atoms with Crippen LogP contribution in [0.4, 0.5) is 5.95 Å². The van der Waals surface area contributed by atoms with Crippen LogP contribution in [0.3, 0.4) is 0 Å². The van der Waals surface area contributed by atoms with Crippen molar-refractivity contribution in [2.45, 2.75) is 5.03 Å². The van der Waals surface area contributed by atoms with Crippen LogP contribution in [0.2, 0.25) is 0 Å². The average Bonchev–Trinajstić information content (AvgIpc) is 2.67. The first-order chi connectivity index (χ1) is 11.8. The van der Waals surface area contributed by atoms with Crippen molar-refractivity contribution in [2.24, 2.45) is 0 Å². The van der Waals surface area contributed by atoms with Gasteiger partial charge in [0.05, 0.1) is 23.8 Å². The molecule has 0 bridgehead atoms. The lowest BCUT2D eigenvalue weighted by atomic mass is 10.3. The Labute approximate surface area is 144 Å². The molecule has 2 aromatic rings. The number of carbonyl (C=O) groups is 1. The zero-order valence-corrected chi connectivity index (χ0v) is 14.0. The molecule has 0 unspecified atom stereocenters. The van der Waals surface area contributed by atoms with Crippen LogP contribution in [0.15, 0.2) is 41.8 Å². The lowest BCUT2D eigenvalue weighted by Crippen LogP contribution is -2.37. The number of anilines is 1. The number of thioether (sulfide) groups is 1. The van der Waals surface area contributed by atoms with Gasteiger partial charge in [-0.1, -0.05) is 6.07 Å². The number of hydrogen-bond acceptors (Lipinski definition) is 7. The van der Waals surface area contributed by atoms with Crippen molar-refractivity contribution in [3.05, 3.63) is 42.4 Å². The average molecular weight is 345 g/mol. The minimum atomic E-state index is -0.162. The Bertz CT molecular complexity index is 647. The van der Waals surface area contributed by atoms with Gasteiger partial charge in [0.1, 0.15) is 0 Å². The van der Waals surface area contributed by atoms with Crippen molar-refractivity contribution >= 4 is 23.6 Å². The normalized spacial score (nSPS) is 14.4. The van der Waals surface area contributed by atoms with Crippen LogP contribution in [0.5, 0.6) is 0 Å². The molecule has 8 heteroatoms. The van der Waals surface area contributed by atoms with Crippen LogP contribution in [-0.2, 0) is 4.74 Å². The van der Waals surface area contributed by atoms with E-state index in [0.717, 1.165) is 23.9 Å². The molecule has 1 saturated heterocycles. The summed E-state index contributed by atoms with van der Waals surface area (Å²) in [7, 11) is 0. The molecule has 1 amide bonds. The summed E-state index contributed by atoms with van der Waals surface area (Å²) in [5.41, 5.74) is 0.467. The molecule has 0 aromatic carbocycles. The second kappa shape index (κ2) is 8.60. The van der Waals surface area contributed by atoms with E-state index in [1.54, 1.807) is 30.4 Å². The third kappa shape index (κ3) is 4.65. The van der Waals surface area contributed by atoms with Crippen LogP contribution < -0.4 is 10.2 Å². The van der Waals surface area contributed by atoms with Gasteiger partial charge < -0.3 is 15.0 Å². The zero-order chi connectivity index (χ0) is 16.6. The number of carbonyl (C=O) groups excluding carboxylic acids is 1. The van der Waals surface area contributed by atoms with Crippen LogP contribution in [0, 0.1) is 0 Å². The third-order valence-electron chi connectivity index (χ3n) is 3.47. The first-order valence-electron chi connectivity index (χ1n) is 7.80. The number of pyridine rings is 1. The van der Waals surface area contributed by atoms with Crippen LogP contribution >= 0.6 is 11.8 Å². The minimum Gasteiger partial charge on any atom is -0.378 e. The number of amides is 1. The maximum absolute atomic E-state index is 12.1. The smallest absolute Gasteiger partial charge is 0.254 e. The van der Waals surface area contributed by atoms with E-state index in [1.165, 1.54) is 0 Å². The van der Waals surface area contributed by atoms with E-state index in [-0.39, 0.29) is 5.91 Å². The van der Waals surface area contributed by atoms with Gasteiger partial charge in [-0.15, -0.1) is 11.8 Å². The Hall–Kier alpha value is -2.19. The highest BCUT2D eigenvalue weighted by molar-refractivity contribution is 7.99. The molecule has 0 radical (unpaired) electrons.